The van der Waals surface area contributed by atoms with Gasteiger partial charge < -0.3 is 0 Å². The van der Waals surface area contributed by atoms with Gasteiger partial charge in [0.2, 0.25) is 5.91 Å². The van der Waals surface area contributed by atoms with Crippen LogP contribution in [0.2, 0.25) is 0 Å². The van der Waals surface area contributed by atoms with Crippen LogP contribution in [0, 0.1) is 29.0 Å². The summed E-state index contributed by atoms with van der Waals surface area (Å²) in [5, 5.41) is 1.19. The molecule has 1 aromatic rings. The highest BCUT2D eigenvalue weighted by molar-refractivity contribution is 5.96. The molecule has 4 heteroatoms. The average Bonchev–Trinajstić information content (AvgIpc) is 2.44. The van der Waals surface area contributed by atoms with Crippen molar-refractivity contribution in [2.75, 3.05) is 5.01 Å². The van der Waals surface area contributed by atoms with Gasteiger partial charge in [-0.2, -0.15) is 0 Å². The number of nitrogens with two attached hydrogens (primary N) is 1. The first-order valence-electron chi connectivity index (χ1n) is 7.90. The standard InChI is InChI=1S/C17H21FN2O/c18-14-2-1-3-15(7-14)20(19)16(21)17-8-11-4-12(9-17)6-13(5-11)10-17/h1-3,7,11-13H,4-6,8-10,19H2. The maximum absolute atomic E-state index is 13.4. The second kappa shape index (κ2) is 4.54. The Morgan fingerprint density at radius 1 is 1.14 bits per heavy atom. The second-order valence-corrected chi connectivity index (χ2v) is 7.35. The van der Waals surface area contributed by atoms with Crippen LogP contribution in [-0.4, -0.2) is 5.91 Å². The number of halogens is 1. The second-order valence-electron chi connectivity index (χ2n) is 7.35. The van der Waals surface area contributed by atoms with E-state index in [1.165, 1.54) is 36.4 Å². The molecule has 1 aromatic carbocycles. The van der Waals surface area contributed by atoms with Gasteiger partial charge in [0.15, 0.2) is 0 Å². The summed E-state index contributed by atoms with van der Waals surface area (Å²) in [6, 6.07) is 5.99. The molecule has 4 fully saturated rings. The van der Waals surface area contributed by atoms with E-state index in [1.54, 1.807) is 12.1 Å². The number of hydrazine groups is 1. The van der Waals surface area contributed by atoms with E-state index in [9.17, 15) is 9.18 Å². The molecule has 0 saturated heterocycles. The van der Waals surface area contributed by atoms with E-state index >= 15 is 0 Å². The molecule has 4 bridgehead atoms. The van der Waals surface area contributed by atoms with Crippen LogP contribution in [0.1, 0.15) is 38.5 Å². The summed E-state index contributed by atoms with van der Waals surface area (Å²) in [7, 11) is 0. The zero-order valence-corrected chi connectivity index (χ0v) is 12.1. The number of carbonyl (C=O) groups excluding carboxylic acids is 1. The normalized spacial score (nSPS) is 36.8. The molecule has 5 rings (SSSR count). The van der Waals surface area contributed by atoms with Crippen LogP contribution in [0.5, 0.6) is 0 Å². The van der Waals surface area contributed by atoms with Crippen molar-refractivity contribution in [3.05, 3.63) is 30.1 Å². The Hall–Kier alpha value is -1.42. The van der Waals surface area contributed by atoms with Gasteiger partial charge in [0.05, 0.1) is 11.1 Å². The molecule has 4 aliphatic carbocycles. The minimum Gasteiger partial charge on any atom is -0.272 e. The summed E-state index contributed by atoms with van der Waals surface area (Å²) < 4.78 is 13.4. The molecule has 4 saturated carbocycles. The van der Waals surface area contributed by atoms with Gasteiger partial charge in [-0.25, -0.2) is 15.2 Å². The summed E-state index contributed by atoms with van der Waals surface area (Å²) in [6.07, 6.45) is 6.79. The summed E-state index contributed by atoms with van der Waals surface area (Å²) >= 11 is 0. The highest BCUT2D eigenvalue weighted by atomic mass is 19.1. The van der Waals surface area contributed by atoms with Crippen molar-refractivity contribution < 1.29 is 9.18 Å². The Bertz CT molecular complexity index is 551. The molecule has 2 N–H and O–H groups in total. The molecular formula is C17H21FN2O. The monoisotopic (exact) mass is 288 g/mol. The maximum Gasteiger partial charge on any atom is 0.247 e. The third-order valence-electron chi connectivity index (χ3n) is 5.80. The molecular weight excluding hydrogens is 267 g/mol. The number of anilines is 1. The highest BCUT2D eigenvalue weighted by Crippen LogP contribution is 2.60. The quantitative estimate of drug-likeness (QED) is 0.516. The summed E-state index contributed by atoms with van der Waals surface area (Å²) in [5.74, 6) is 7.77. The number of rotatable bonds is 2. The largest absolute Gasteiger partial charge is 0.272 e. The zero-order valence-electron chi connectivity index (χ0n) is 12.1. The third kappa shape index (κ3) is 2.08. The molecule has 21 heavy (non-hydrogen) atoms. The number of nitrogens with zero attached hydrogens (tertiary/aromatic N) is 1. The Morgan fingerprint density at radius 2 is 1.71 bits per heavy atom. The van der Waals surface area contributed by atoms with Gasteiger partial charge in [0.1, 0.15) is 5.82 Å². The smallest absolute Gasteiger partial charge is 0.247 e. The number of hydrogen-bond acceptors (Lipinski definition) is 2. The van der Waals surface area contributed by atoms with Crippen LogP contribution in [0.3, 0.4) is 0 Å². The van der Waals surface area contributed by atoms with Crippen molar-refractivity contribution in [3.8, 4) is 0 Å². The van der Waals surface area contributed by atoms with Crippen molar-refractivity contribution >= 4 is 11.6 Å². The molecule has 0 radical (unpaired) electrons. The van der Waals surface area contributed by atoms with E-state index in [-0.39, 0.29) is 17.1 Å². The molecule has 0 atom stereocenters. The first-order chi connectivity index (χ1) is 10.1. The Balaban J connectivity index is 1.62. The average molecular weight is 288 g/mol. The molecule has 0 aromatic heterocycles. The molecule has 3 nitrogen and oxygen atoms in total. The van der Waals surface area contributed by atoms with E-state index in [0.29, 0.717) is 23.4 Å². The number of hydrogen-bond donors (Lipinski definition) is 1. The fraction of sp³-hybridized carbons (Fsp3) is 0.588. The maximum atomic E-state index is 13.4. The first kappa shape index (κ1) is 13.3. The number of amides is 1. The van der Waals surface area contributed by atoms with Crippen LogP contribution in [-0.2, 0) is 4.79 Å². The van der Waals surface area contributed by atoms with Crippen LogP contribution in [0.25, 0.3) is 0 Å². The zero-order chi connectivity index (χ0) is 14.6. The van der Waals surface area contributed by atoms with E-state index in [4.69, 9.17) is 5.84 Å². The predicted octanol–water partition coefficient (Wildman–Crippen LogP) is 3.25. The van der Waals surface area contributed by atoms with Gasteiger partial charge in [-0.1, -0.05) is 6.07 Å². The fourth-order valence-electron chi connectivity index (χ4n) is 5.37. The first-order valence-corrected chi connectivity index (χ1v) is 7.90. The lowest BCUT2D eigenvalue weighted by Crippen LogP contribution is -2.56. The van der Waals surface area contributed by atoms with E-state index < -0.39 is 0 Å². The molecule has 4 aliphatic rings. The van der Waals surface area contributed by atoms with Gasteiger partial charge >= 0.3 is 0 Å². The Labute approximate surface area is 124 Å². The summed E-state index contributed by atoms with van der Waals surface area (Å²) in [4.78, 5) is 13.0. The Kier molecular flexibility index (Phi) is 2.86. The lowest BCUT2D eigenvalue weighted by atomic mass is 9.49. The number of benzene rings is 1. The van der Waals surface area contributed by atoms with Crippen LogP contribution >= 0.6 is 0 Å². The van der Waals surface area contributed by atoms with Gasteiger partial charge in [-0.3, -0.25) is 4.79 Å². The third-order valence-corrected chi connectivity index (χ3v) is 5.80. The molecule has 0 unspecified atom stereocenters. The van der Waals surface area contributed by atoms with Crippen molar-refractivity contribution in [2.45, 2.75) is 38.5 Å². The number of carbonyl (C=O) groups is 1. The highest BCUT2D eigenvalue weighted by Gasteiger charge is 2.55. The molecule has 0 heterocycles. The van der Waals surface area contributed by atoms with Crippen LogP contribution < -0.4 is 10.9 Å². The molecule has 0 spiro atoms. The van der Waals surface area contributed by atoms with E-state index in [2.05, 4.69) is 0 Å². The van der Waals surface area contributed by atoms with Crippen LogP contribution in [0.4, 0.5) is 10.1 Å². The predicted molar refractivity (Wildman–Crippen MR) is 78.7 cm³/mol. The molecule has 0 aliphatic heterocycles. The minimum absolute atomic E-state index is 0.00722. The van der Waals surface area contributed by atoms with Gasteiger partial charge in [0, 0.05) is 0 Å². The summed E-state index contributed by atoms with van der Waals surface area (Å²) in [6.45, 7) is 0. The van der Waals surface area contributed by atoms with Gasteiger partial charge in [0.25, 0.3) is 0 Å². The lowest BCUT2D eigenvalue weighted by Gasteiger charge is -2.56. The minimum atomic E-state index is -0.360. The molecule has 112 valence electrons. The van der Waals surface area contributed by atoms with Crippen molar-refractivity contribution in [2.24, 2.45) is 29.0 Å². The van der Waals surface area contributed by atoms with E-state index in [0.717, 1.165) is 19.3 Å². The van der Waals surface area contributed by atoms with Crippen LogP contribution in [0.15, 0.2) is 24.3 Å². The van der Waals surface area contributed by atoms with E-state index in [1.807, 2.05) is 0 Å². The molecule has 1 amide bonds. The SMILES string of the molecule is NN(C(=O)C12CC3CC(CC(C3)C1)C2)c1cccc(F)c1. The topological polar surface area (TPSA) is 46.3 Å². The fourth-order valence-corrected chi connectivity index (χ4v) is 5.37. The van der Waals surface area contributed by atoms with Crippen molar-refractivity contribution in [1.82, 2.24) is 0 Å². The van der Waals surface area contributed by atoms with Gasteiger partial charge in [-0.15, -0.1) is 0 Å². The van der Waals surface area contributed by atoms with Crippen molar-refractivity contribution in [3.63, 3.8) is 0 Å². The summed E-state index contributed by atoms with van der Waals surface area (Å²) in [5.41, 5.74) is 0.172. The Morgan fingerprint density at radius 3 is 2.24 bits per heavy atom. The van der Waals surface area contributed by atoms with Gasteiger partial charge in [-0.05, 0) is 74.5 Å². The lowest BCUT2D eigenvalue weighted by molar-refractivity contribution is -0.143. The van der Waals surface area contributed by atoms with Crippen molar-refractivity contribution in [1.29, 1.82) is 0 Å².